The number of hydrogen-bond acceptors (Lipinski definition) is 0. The van der Waals surface area contributed by atoms with Crippen LogP contribution in [0, 0.1) is 0 Å². The molecule has 2 unspecified atom stereocenters. The molecule has 2 atom stereocenters. The number of aromatic amines is 1. The Morgan fingerprint density at radius 2 is 0.800 bits per heavy atom. The quantitative estimate of drug-likeness (QED) is 0.0689. The third kappa shape index (κ3) is 20.1. The van der Waals surface area contributed by atoms with E-state index in [1.807, 2.05) is 0 Å². The summed E-state index contributed by atoms with van der Waals surface area (Å²) in [6.45, 7) is 9.40. The molecule has 0 spiro atoms. The molecule has 0 radical (unpaired) electrons. The third-order valence-corrected chi connectivity index (χ3v) is 9.39. The second-order valence-electron chi connectivity index (χ2n) is 13.3. The maximum atomic E-state index is 3.72. The van der Waals surface area contributed by atoms with Crippen molar-refractivity contribution in [3.05, 3.63) is 18.2 Å². The van der Waals surface area contributed by atoms with Gasteiger partial charge in [-0.15, -0.1) is 0 Å². The Bertz CT molecular complexity index is 621. The molecule has 0 aliphatic heterocycles. The van der Waals surface area contributed by atoms with Gasteiger partial charge in [0.25, 0.3) is 5.82 Å². The third-order valence-electron chi connectivity index (χ3n) is 9.39. The van der Waals surface area contributed by atoms with E-state index in [2.05, 4.69) is 49.6 Å². The molecule has 0 amide bonds. The molecule has 1 N–H and O–H groups in total. The van der Waals surface area contributed by atoms with Gasteiger partial charge >= 0.3 is 0 Å². The van der Waals surface area contributed by atoms with Crippen LogP contribution in [0.4, 0.5) is 0 Å². The summed E-state index contributed by atoms with van der Waals surface area (Å²) in [5.74, 6) is 2.24. The van der Waals surface area contributed by atoms with Gasteiger partial charge in [0, 0.05) is 0 Å². The zero-order valence-corrected chi connectivity index (χ0v) is 28.3. The van der Waals surface area contributed by atoms with Crippen molar-refractivity contribution < 1.29 is 4.57 Å². The van der Waals surface area contributed by atoms with Gasteiger partial charge in [0.1, 0.15) is 12.4 Å². The monoisotopic (exact) mass is 560 g/mol. The Morgan fingerprint density at radius 3 is 1.20 bits per heavy atom. The van der Waals surface area contributed by atoms with Crippen molar-refractivity contribution in [1.82, 2.24) is 4.98 Å². The lowest BCUT2D eigenvalue weighted by molar-refractivity contribution is -0.727. The van der Waals surface area contributed by atoms with Gasteiger partial charge in [0.2, 0.25) is 0 Å². The summed E-state index contributed by atoms with van der Waals surface area (Å²) in [6.07, 6.45) is 45.7. The van der Waals surface area contributed by atoms with Crippen LogP contribution in [0.5, 0.6) is 0 Å². The van der Waals surface area contributed by atoms with Crippen LogP contribution in [0.2, 0.25) is 0 Å². The minimum Gasteiger partial charge on any atom is -0.247 e. The molecule has 0 bridgehead atoms. The van der Waals surface area contributed by atoms with Gasteiger partial charge in [-0.1, -0.05) is 181 Å². The minimum absolute atomic E-state index is 0.621. The average Bonchev–Trinajstić information content (AvgIpc) is 3.45. The number of unbranched alkanes of at least 4 members (excludes halogenated alkanes) is 23. The summed E-state index contributed by atoms with van der Waals surface area (Å²) in [4.78, 5) is 3.72. The molecule has 0 saturated carbocycles. The predicted molar refractivity (Wildman–Crippen MR) is 179 cm³/mol. The van der Waals surface area contributed by atoms with E-state index in [9.17, 15) is 0 Å². The van der Waals surface area contributed by atoms with Crippen LogP contribution in [0.15, 0.2) is 12.4 Å². The number of nitrogens with one attached hydrogen (secondary N) is 1. The van der Waals surface area contributed by atoms with Gasteiger partial charge < -0.3 is 0 Å². The number of rotatable bonds is 31. The van der Waals surface area contributed by atoms with E-state index < -0.39 is 0 Å². The summed E-state index contributed by atoms with van der Waals surface area (Å²) in [5.41, 5.74) is 0. The lowest BCUT2D eigenvalue weighted by Gasteiger charge is -2.17. The van der Waals surface area contributed by atoms with Crippen molar-refractivity contribution in [2.75, 3.05) is 0 Å². The summed E-state index contributed by atoms with van der Waals surface area (Å²) in [6, 6.07) is 0.621. The van der Waals surface area contributed by atoms with Gasteiger partial charge in [-0.25, -0.2) is 9.55 Å². The Morgan fingerprint density at radius 1 is 0.475 bits per heavy atom. The zero-order chi connectivity index (χ0) is 28.9. The molecule has 0 saturated heterocycles. The van der Waals surface area contributed by atoms with Crippen LogP contribution in [-0.2, 0) is 0 Å². The van der Waals surface area contributed by atoms with E-state index in [-0.39, 0.29) is 0 Å². The van der Waals surface area contributed by atoms with Crippen molar-refractivity contribution in [2.45, 2.75) is 226 Å². The van der Waals surface area contributed by atoms with Gasteiger partial charge in [-0.2, -0.15) is 0 Å². The molecular formula is C38H75N2+. The first kappa shape index (κ1) is 37.2. The fraction of sp³-hybridized carbons (Fsp3) is 0.921. The van der Waals surface area contributed by atoms with Crippen LogP contribution < -0.4 is 4.57 Å². The van der Waals surface area contributed by atoms with Crippen LogP contribution in [0.25, 0.3) is 0 Å². The molecule has 0 aliphatic rings. The largest absolute Gasteiger partial charge is 0.257 e. The van der Waals surface area contributed by atoms with Crippen molar-refractivity contribution in [3.63, 3.8) is 0 Å². The number of nitrogens with zero attached hydrogens (tertiary/aromatic N) is 1. The SMILES string of the molecule is CCCCCCCCCCCCCCCCCC(CCCCCC)c1[nH]cc[n+]1C(C)CCCCCCCCC. The Hall–Kier alpha value is -0.790. The van der Waals surface area contributed by atoms with Crippen molar-refractivity contribution in [3.8, 4) is 0 Å². The number of H-pyrrole nitrogens is 1. The minimum atomic E-state index is 0.621. The second-order valence-corrected chi connectivity index (χ2v) is 13.3. The number of hydrogen-bond donors (Lipinski definition) is 1. The maximum Gasteiger partial charge on any atom is 0.257 e. The second kappa shape index (κ2) is 28.3. The van der Waals surface area contributed by atoms with Gasteiger partial charge in [-0.3, -0.25) is 0 Å². The molecule has 1 aromatic rings. The van der Waals surface area contributed by atoms with Crippen molar-refractivity contribution in [1.29, 1.82) is 0 Å². The highest BCUT2D eigenvalue weighted by Gasteiger charge is 2.25. The highest BCUT2D eigenvalue weighted by molar-refractivity contribution is 4.90. The molecule has 2 heteroatoms. The zero-order valence-electron chi connectivity index (χ0n) is 28.3. The summed E-state index contributed by atoms with van der Waals surface area (Å²) in [7, 11) is 0. The Labute approximate surface area is 253 Å². The highest BCUT2D eigenvalue weighted by Crippen LogP contribution is 2.27. The summed E-state index contributed by atoms with van der Waals surface area (Å²) in [5, 5.41) is 0. The Balaban J connectivity index is 2.28. The first-order chi connectivity index (χ1) is 19.7. The summed E-state index contributed by atoms with van der Waals surface area (Å²) < 4.78 is 2.62. The van der Waals surface area contributed by atoms with Gasteiger partial charge in [-0.05, 0) is 32.6 Å². The molecule has 2 nitrogen and oxygen atoms in total. The fourth-order valence-corrected chi connectivity index (χ4v) is 6.60. The van der Waals surface area contributed by atoms with Crippen LogP contribution in [-0.4, -0.2) is 4.98 Å². The van der Waals surface area contributed by atoms with E-state index in [4.69, 9.17) is 0 Å². The van der Waals surface area contributed by atoms with E-state index in [0.717, 1.165) is 0 Å². The van der Waals surface area contributed by atoms with Crippen LogP contribution >= 0.6 is 0 Å². The van der Waals surface area contributed by atoms with E-state index in [1.165, 1.54) is 192 Å². The molecule has 1 aromatic heterocycles. The van der Waals surface area contributed by atoms with Crippen LogP contribution in [0.3, 0.4) is 0 Å². The molecule has 0 aliphatic carbocycles. The molecule has 1 heterocycles. The van der Waals surface area contributed by atoms with Crippen molar-refractivity contribution >= 4 is 0 Å². The van der Waals surface area contributed by atoms with Gasteiger partial charge in [0.05, 0.1) is 12.0 Å². The fourth-order valence-electron chi connectivity index (χ4n) is 6.60. The smallest absolute Gasteiger partial charge is 0.247 e. The van der Waals surface area contributed by atoms with E-state index in [0.29, 0.717) is 12.0 Å². The standard InChI is InChI=1S/C38H74N2/c1-5-8-11-14-16-17-18-19-20-21-22-23-25-27-30-33-37(32-29-13-10-7-3)38-39-34-35-40(38)36(4)31-28-26-24-15-12-9-6-2/h34-37H,5-33H2,1-4H3/p+1. The van der Waals surface area contributed by atoms with E-state index >= 15 is 0 Å². The highest BCUT2D eigenvalue weighted by atomic mass is 15.1. The van der Waals surface area contributed by atoms with E-state index in [1.54, 1.807) is 0 Å². The molecular weight excluding hydrogens is 484 g/mol. The maximum absolute atomic E-state index is 3.72. The predicted octanol–water partition coefficient (Wildman–Crippen LogP) is 13.3. The normalized spacial score (nSPS) is 13.2. The molecule has 1 rings (SSSR count). The first-order valence-electron chi connectivity index (χ1n) is 18.8. The topological polar surface area (TPSA) is 19.7 Å². The first-order valence-corrected chi connectivity index (χ1v) is 18.8. The molecule has 236 valence electrons. The number of imidazole rings is 1. The van der Waals surface area contributed by atoms with Gasteiger partial charge in [0.15, 0.2) is 0 Å². The molecule has 40 heavy (non-hydrogen) atoms. The lowest BCUT2D eigenvalue weighted by Crippen LogP contribution is -2.41. The summed E-state index contributed by atoms with van der Waals surface area (Å²) >= 11 is 0. The molecule has 0 aromatic carbocycles. The lowest BCUT2D eigenvalue weighted by atomic mass is 9.93. The number of aromatic nitrogens is 2. The molecule has 0 fully saturated rings. The average molecular weight is 560 g/mol. The van der Waals surface area contributed by atoms with Crippen molar-refractivity contribution in [2.24, 2.45) is 0 Å². The Kier molecular flexibility index (Phi) is 26.4. The van der Waals surface area contributed by atoms with Crippen LogP contribution in [0.1, 0.15) is 232 Å².